The summed E-state index contributed by atoms with van der Waals surface area (Å²) < 4.78 is 40.2. The predicted molar refractivity (Wildman–Crippen MR) is 78.5 cm³/mol. The van der Waals surface area contributed by atoms with Gasteiger partial charge in [-0.25, -0.2) is 0 Å². The first-order chi connectivity index (χ1) is 10.0. The molecule has 9 heteroatoms. The summed E-state index contributed by atoms with van der Waals surface area (Å²) in [6.45, 7) is 11.2. The first kappa shape index (κ1) is 17.5. The topological polar surface area (TPSA) is 64.6 Å². The van der Waals surface area contributed by atoms with Crippen LogP contribution < -0.4 is 0 Å². The summed E-state index contributed by atoms with van der Waals surface area (Å²) in [5.41, 5.74) is -0.297. The van der Waals surface area contributed by atoms with Gasteiger partial charge in [0.1, 0.15) is 0 Å². The van der Waals surface area contributed by atoms with Crippen LogP contribution in [0.15, 0.2) is 0 Å². The Hall–Kier alpha value is 0.154. The summed E-state index contributed by atoms with van der Waals surface area (Å²) in [5.74, 6) is 0. The van der Waals surface area contributed by atoms with Crippen LogP contribution in [0.3, 0.4) is 0 Å². The maximum absolute atomic E-state index is 5.86. The van der Waals surface area contributed by atoms with Crippen molar-refractivity contribution in [3.63, 3.8) is 0 Å². The average molecular weight is 339 g/mol. The van der Waals surface area contributed by atoms with Gasteiger partial charge < -0.3 is 31.0 Å². The first-order valence-corrected chi connectivity index (χ1v) is 11.3. The monoisotopic (exact) mass is 338 g/mol. The van der Waals surface area contributed by atoms with Crippen molar-refractivity contribution in [2.24, 2.45) is 5.41 Å². The van der Waals surface area contributed by atoms with E-state index in [2.05, 4.69) is 0 Å². The second-order valence-electron chi connectivity index (χ2n) is 5.32. The van der Waals surface area contributed by atoms with Gasteiger partial charge in [0.15, 0.2) is 0 Å². The zero-order valence-corrected chi connectivity index (χ0v) is 15.3. The molecule has 1 spiro atoms. The van der Waals surface area contributed by atoms with Gasteiger partial charge in [0.2, 0.25) is 0 Å². The molecule has 21 heavy (non-hydrogen) atoms. The first-order valence-electron chi connectivity index (χ1n) is 7.49. The fourth-order valence-corrected chi connectivity index (χ4v) is 6.38. The third-order valence-corrected chi connectivity index (χ3v) is 7.87. The summed E-state index contributed by atoms with van der Waals surface area (Å²) in [7, 11) is -5.45. The molecule has 7 nitrogen and oxygen atoms in total. The molecule has 0 atom stereocenters. The van der Waals surface area contributed by atoms with Crippen LogP contribution in [0.1, 0.15) is 20.8 Å². The number of hydrogen-bond donors (Lipinski definition) is 0. The molecule has 2 aliphatic rings. The second-order valence-corrected chi connectivity index (χ2v) is 10.1. The molecule has 0 unspecified atom stereocenters. The van der Waals surface area contributed by atoms with Gasteiger partial charge in [-0.3, -0.25) is 0 Å². The maximum Gasteiger partial charge on any atom is 0.679 e. The summed E-state index contributed by atoms with van der Waals surface area (Å²) in [5, 5.41) is 0. The Morgan fingerprint density at radius 2 is 1.19 bits per heavy atom. The lowest BCUT2D eigenvalue weighted by molar-refractivity contribution is -0.158. The van der Waals surface area contributed by atoms with Gasteiger partial charge in [-0.2, -0.15) is 0 Å². The van der Waals surface area contributed by atoms with Gasteiger partial charge in [-0.1, -0.05) is 0 Å². The van der Waals surface area contributed by atoms with E-state index in [1.54, 1.807) is 0 Å². The Labute approximate surface area is 128 Å². The Kier molecular flexibility index (Phi) is 5.96. The minimum atomic E-state index is -2.97. The Morgan fingerprint density at radius 3 is 1.62 bits per heavy atom. The van der Waals surface area contributed by atoms with Crippen LogP contribution in [-0.2, 0) is 31.0 Å². The molecule has 0 amide bonds. The van der Waals surface area contributed by atoms with Crippen molar-refractivity contribution in [3.05, 3.63) is 0 Å². The average Bonchev–Trinajstić information content (AvgIpc) is 2.47. The van der Waals surface area contributed by atoms with Crippen molar-refractivity contribution >= 4 is 17.9 Å². The predicted octanol–water partition coefficient (Wildman–Crippen LogP) is 1.18. The number of rotatable bonds is 6. The molecule has 2 rings (SSSR count). The highest BCUT2D eigenvalue weighted by Gasteiger charge is 2.56. The van der Waals surface area contributed by atoms with Crippen LogP contribution in [0.4, 0.5) is 0 Å². The molecule has 0 N–H and O–H groups in total. The fourth-order valence-electron chi connectivity index (χ4n) is 2.29. The van der Waals surface area contributed by atoms with E-state index in [0.717, 1.165) is 0 Å². The van der Waals surface area contributed by atoms with Crippen LogP contribution >= 0.6 is 0 Å². The SMILES string of the molecule is CCO[Si]1(C)OCC2(CO1)CO[Si](OCC)(OCC)OC2. The van der Waals surface area contributed by atoms with Gasteiger partial charge in [0, 0.05) is 26.4 Å². The molecule has 0 aromatic carbocycles. The Balaban J connectivity index is 1.91. The minimum Gasteiger partial charge on any atom is -0.374 e. The van der Waals surface area contributed by atoms with Crippen molar-refractivity contribution in [1.29, 1.82) is 0 Å². The van der Waals surface area contributed by atoms with Crippen LogP contribution in [0, 0.1) is 5.41 Å². The third-order valence-electron chi connectivity index (χ3n) is 3.44. The number of hydrogen-bond acceptors (Lipinski definition) is 7. The van der Waals surface area contributed by atoms with Gasteiger partial charge >= 0.3 is 17.9 Å². The standard InChI is InChI=1S/C12H26O7Si2/c1-5-13-20(4)16-8-12(9-17-20)10-18-21(14-6-2,15-7-3)19-11-12/h5-11H2,1-4H3. The summed E-state index contributed by atoms with van der Waals surface area (Å²) in [4.78, 5) is 0. The van der Waals surface area contributed by atoms with E-state index in [1.165, 1.54) is 0 Å². The Morgan fingerprint density at radius 1 is 0.762 bits per heavy atom. The zero-order chi connectivity index (χ0) is 15.4. The van der Waals surface area contributed by atoms with E-state index in [9.17, 15) is 0 Å². The highest BCUT2D eigenvalue weighted by Crippen LogP contribution is 2.34. The molecule has 0 aromatic rings. The van der Waals surface area contributed by atoms with Gasteiger partial charge in [-0.15, -0.1) is 0 Å². The molecule has 124 valence electrons. The molecule has 0 bridgehead atoms. The maximum atomic E-state index is 5.86. The van der Waals surface area contributed by atoms with Gasteiger partial charge in [0.25, 0.3) is 0 Å². The molecule has 2 heterocycles. The zero-order valence-electron chi connectivity index (χ0n) is 13.3. The van der Waals surface area contributed by atoms with Crippen LogP contribution in [-0.4, -0.2) is 64.1 Å². The molecule has 2 aliphatic heterocycles. The summed E-state index contributed by atoms with van der Waals surface area (Å²) >= 11 is 0. The Bertz CT molecular complexity index is 316. The lowest BCUT2D eigenvalue weighted by Gasteiger charge is -2.47. The highest BCUT2D eigenvalue weighted by molar-refractivity contribution is 6.59. The molecule has 0 saturated carbocycles. The van der Waals surface area contributed by atoms with Crippen LogP contribution in [0.25, 0.3) is 0 Å². The van der Waals surface area contributed by atoms with E-state index < -0.39 is 17.9 Å². The molecule has 0 aliphatic carbocycles. The largest absolute Gasteiger partial charge is 0.679 e. The van der Waals surface area contributed by atoms with Crippen molar-refractivity contribution < 1.29 is 31.0 Å². The molecule has 2 fully saturated rings. The van der Waals surface area contributed by atoms with E-state index >= 15 is 0 Å². The van der Waals surface area contributed by atoms with E-state index in [0.29, 0.717) is 46.2 Å². The molecule has 2 saturated heterocycles. The normalized spacial score (nSPS) is 26.9. The highest BCUT2D eigenvalue weighted by atomic mass is 28.4. The van der Waals surface area contributed by atoms with Crippen LogP contribution in [0.2, 0.25) is 6.55 Å². The van der Waals surface area contributed by atoms with E-state index in [-0.39, 0.29) is 5.41 Å². The lowest BCUT2D eigenvalue weighted by Crippen LogP contribution is -2.64. The van der Waals surface area contributed by atoms with Gasteiger partial charge in [-0.05, 0) is 20.8 Å². The minimum absolute atomic E-state index is 0.297. The summed E-state index contributed by atoms with van der Waals surface area (Å²) in [6, 6.07) is 0. The fraction of sp³-hybridized carbons (Fsp3) is 1.00. The van der Waals surface area contributed by atoms with E-state index in [1.807, 2.05) is 27.3 Å². The second kappa shape index (κ2) is 7.15. The van der Waals surface area contributed by atoms with Crippen LogP contribution in [0.5, 0.6) is 0 Å². The third kappa shape index (κ3) is 4.12. The van der Waals surface area contributed by atoms with Crippen molar-refractivity contribution in [2.45, 2.75) is 27.3 Å². The summed E-state index contributed by atoms with van der Waals surface area (Å²) in [6.07, 6.45) is 0. The molecular weight excluding hydrogens is 312 g/mol. The van der Waals surface area contributed by atoms with Gasteiger partial charge in [0.05, 0.1) is 31.8 Å². The lowest BCUT2D eigenvalue weighted by atomic mass is 9.93. The van der Waals surface area contributed by atoms with Crippen molar-refractivity contribution in [2.75, 3.05) is 46.2 Å². The molecular formula is C12H26O7Si2. The molecule has 0 aromatic heterocycles. The smallest absolute Gasteiger partial charge is 0.374 e. The van der Waals surface area contributed by atoms with Crippen molar-refractivity contribution in [1.82, 2.24) is 0 Å². The van der Waals surface area contributed by atoms with Crippen molar-refractivity contribution in [3.8, 4) is 0 Å². The quantitative estimate of drug-likeness (QED) is 0.674. The molecule has 0 radical (unpaired) electrons. The van der Waals surface area contributed by atoms with E-state index in [4.69, 9.17) is 31.0 Å².